The minimum Gasteiger partial charge on any atom is -0.377 e. The molecule has 0 spiro atoms. The van der Waals surface area contributed by atoms with E-state index in [0.29, 0.717) is 0 Å². The Hall–Kier alpha value is -0.300. The molecule has 0 radical (unpaired) electrons. The molecule has 13 heavy (non-hydrogen) atoms. The van der Waals surface area contributed by atoms with Gasteiger partial charge in [0.1, 0.15) is 0 Å². The van der Waals surface area contributed by atoms with Crippen LogP contribution in [-0.4, -0.2) is 13.2 Å². The summed E-state index contributed by atoms with van der Waals surface area (Å²) in [6.45, 7) is 12.0. The molecule has 0 aromatic carbocycles. The summed E-state index contributed by atoms with van der Waals surface area (Å²) < 4.78 is 5.40. The predicted molar refractivity (Wildman–Crippen MR) is 58.9 cm³/mol. The summed E-state index contributed by atoms with van der Waals surface area (Å²) >= 11 is 0. The maximum atomic E-state index is 5.40. The normalized spacial score (nSPS) is 10.8. The standard InChI is InChI=1S/C12H24O/c1-11(2)8-6-5-7-9-13-10-12(3)4/h11H,3,5-10H2,1-2,4H3. The molecule has 0 aromatic heterocycles. The molecular weight excluding hydrogens is 160 g/mol. The average Bonchev–Trinajstić information content (AvgIpc) is 2.01. The summed E-state index contributed by atoms with van der Waals surface area (Å²) in [5.41, 5.74) is 1.11. The lowest BCUT2D eigenvalue weighted by molar-refractivity contribution is 0.151. The van der Waals surface area contributed by atoms with Gasteiger partial charge < -0.3 is 4.74 Å². The number of hydrogen-bond donors (Lipinski definition) is 0. The second-order valence-corrected chi connectivity index (χ2v) is 4.25. The molecule has 0 saturated carbocycles. The number of ether oxygens (including phenoxy) is 1. The van der Waals surface area contributed by atoms with E-state index in [1.807, 2.05) is 6.92 Å². The van der Waals surface area contributed by atoms with Crippen LogP contribution in [0.15, 0.2) is 12.2 Å². The summed E-state index contributed by atoms with van der Waals surface area (Å²) in [5.74, 6) is 0.844. The second-order valence-electron chi connectivity index (χ2n) is 4.25. The Morgan fingerprint density at radius 2 is 1.92 bits per heavy atom. The van der Waals surface area contributed by atoms with E-state index in [1.165, 1.54) is 25.7 Å². The van der Waals surface area contributed by atoms with Crippen LogP contribution in [0.1, 0.15) is 46.5 Å². The maximum absolute atomic E-state index is 5.40. The van der Waals surface area contributed by atoms with Crippen LogP contribution >= 0.6 is 0 Å². The SMILES string of the molecule is C=C(C)COCCCCCC(C)C. The molecule has 78 valence electrons. The fraction of sp³-hybridized carbons (Fsp3) is 0.833. The number of rotatable bonds is 8. The van der Waals surface area contributed by atoms with Gasteiger partial charge >= 0.3 is 0 Å². The predicted octanol–water partition coefficient (Wildman–Crippen LogP) is 3.80. The first kappa shape index (κ1) is 12.7. The smallest absolute Gasteiger partial charge is 0.0671 e. The number of unbranched alkanes of at least 4 members (excludes halogenated alkanes) is 2. The minimum atomic E-state index is 0.726. The molecule has 0 aliphatic carbocycles. The third kappa shape index (κ3) is 11.7. The molecule has 0 atom stereocenters. The molecule has 0 bridgehead atoms. The van der Waals surface area contributed by atoms with E-state index in [2.05, 4.69) is 20.4 Å². The van der Waals surface area contributed by atoms with E-state index in [9.17, 15) is 0 Å². The number of hydrogen-bond acceptors (Lipinski definition) is 1. The Bertz CT molecular complexity index is 127. The van der Waals surface area contributed by atoms with Gasteiger partial charge in [0.15, 0.2) is 0 Å². The van der Waals surface area contributed by atoms with Gasteiger partial charge in [-0.2, -0.15) is 0 Å². The topological polar surface area (TPSA) is 9.23 Å². The maximum Gasteiger partial charge on any atom is 0.0671 e. The van der Waals surface area contributed by atoms with Crippen molar-refractivity contribution in [2.45, 2.75) is 46.5 Å². The van der Waals surface area contributed by atoms with Crippen molar-refractivity contribution in [1.82, 2.24) is 0 Å². The van der Waals surface area contributed by atoms with Gasteiger partial charge in [0, 0.05) is 6.61 Å². The fourth-order valence-corrected chi connectivity index (χ4v) is 1.18. The molecule has 0 heterocycles. The van der Waals surface area contributed by atoms with Crippen LogP contribution in [0.4, 0.5) is 0 Å². The highest BCUT2D eigenvalue weighted by molar-refractivity contribution is 4.87. The van der Waals surface area contributed by atoms with E-state index >= 15 is 0 Å². The van der Waals surface area contributed by atoms with Gasteiger partial charge in [-0.25, -0.2) is 0 Å². The monoisotopic (exact) mass is 184 g/mol. The van der Waals surface area contributed by atoms with Gasteiger partial charge in [0.2, 0.25) is 0 Å². The largest absolute Gasteiger partial charge is 0.377 e. The van der Waals surface area contributed by atoms with Crippen molar-refractivity contribution in [2.24, 2.45) is 5.92 Å². The van der Waals surface area contributed by atoms with E-state index in [-0.39, 0.29) is 0 Å². The lowest BCUT2D eigenvalue weighted by Gasteiger charge is -2.05. The van der Waals surface area contributed by atoms with Crippen LogP contribution in [0.5, 0.6) is 0 Å². The summed E-state index contributed by atoms with van der Waals surface area (Å²) in [4.78, 5) is 0. The zero-order chi connectivity index (χ0) is 10.1. The lowest BCUT2D eigenvalue weighted by Crippen LogP contribution is -1.97. The third-order valence-corrected chi connectivity index (χ3v) is 1.92. The van der Waals surface area contributed by atoms with Crippen LogP contribution < -0.4 is 0 Å². The zero-order valence-corrected chi connectivity index (χ0v) is 9.44. The van der Waals surface area contributed by atoms with Gasteiger partial charge in [0.25, 0.3) is 0 Å². The van der Waals surface area contributed by atoms with Crippen molar-refractivity contribution < 1.29 is 4.74 Å². The van der Waals surface area contributed by atoms with Crippen molar-refractivity contribution in [1.29, 1.82) is 0 Å². The second kappa shape index (κ2) is 8.31. The molecule has 0 N–H and O–H groups in total. The van der Waals surface area contributed by atoms with Gasteiger partial charge in [-0.3, -0.25) is 0 Å². The van der Waals surface area contributed by atoms with Crippen molar-refractivity contribution >= 4 is 0 Å². The van der Waals surface area contributed by atoms with E-state index in [1.54, 1.807) is 0 Å². The highest BCUT2D eigenvalue weighted by atomic mass is 16.5. The first-order chi connectivity index (χ1) is 6.13. The quantitative estimate of drug-likeness (QED) is 0.412. The Labute approximate surface area is 83.2 Å². The highest BCUT2D eigenvalue weighted by Crippen LogP contribution is 2.07. The molecule has 1 nitrogen and oxygen atoms in total. The Morgan fingerprint density at radius 1 is 1.23 bits per heavy atom. The fourth-order valence-electron chi connectivity index (χ4n) is 1.18. The van der Waals surface area contributed by atoms with Crippen molar-refractivity contribution in [3.05, 3.63) is 12.2 Å². The Kier molecular flexibility index (Phi) is 8.11. The zero-order valence-electron chi connectivity index (χ0n) is 9.44. The summed E-state index contributed by atoms with van der Waals surface area (Å²) in [7, 11) is 0. The van der Waals surface area contributed by atoms with E-state index < -0.39 is 0 Å². The van der Waals surface area contributed by atoms with Gasteiger partial charge in [-0.15, -0.1) is 0 Å². The third-order valence-electron chi connectivity index (χ3n) is 1.92. The molecule has 0 fully saturated rings. The van der Waals surface area contributed by atoms with Gasteiger partial charge in [-0.1, -0.05) is 45.3 Å². The molecule has 0 aromatic rings. The van der Waals surface area contributed by atoms with Crippen LogP contribution in [0, 0.1) is 5.92 Å². The molecule has 0 aliphatic rings. The van der Waals surface area contributed by atoms with Crippen LogP contribution in [0.3, 0.4) is 0 Å². The molecule has 0 amide bonds. The van der Waals surface area contributed by atoms with E-state index in [4.69, 9.17) is 4.74 Å². The molecule has 1 heteroatoms. The van der Waals surface area contributed by atoms with Crippen LogP contribution in [-0.2, 0) is 4.74 Å². The highest BCUT2D eigenvalue weighted by Gasteiger charge is 1.94. The molecule has 0 rings (SSSR count). The first-order valence-corrected chi connectivity index (χ1v) is 5.35. The Morgan fingerprint density at radius 3 is 2.46 bits per heavy atom. The lowest BCUT2D eigenvalue weighted by atomic mass is 10.1. The first-order valence-electron chi connectivity index (χ1n) is 5.35. The summed E-state index contributed by atoms with van der Waals surface area (Å²) in [5, 5.41) is 0. The van der Waals surface area contributed by atoms with Crippen LogP contribution in [0.2, 0.25) is 0 Å². The Balaban J connectivity index is 2.96. The molecule has 0 saturated heterocycles. The van der Waals surface area contributed by atoms with Crippen molar-refractivity contribution in [3.63, 3.8) is 0 Å². The molecule has 0 unspecified atom stereocenters. The van der Waals surface area contributed by atoms with Gasteiger partial charge in [-0.05, 0) is 19.3 Å². The average molecular weight is 184 g/mol. The molecular formula is C12H24O. The van der Waals surface area contributed by atoms with Gasteiger partial charge in [0.05, 0.1) is 6.61 Å². The van der Waals surface area contributed by atoms with E-state index in [0.717, 1.165) is 24.7 Å². The molecule has 0 aliphatic heterocycles. The van der Waals surface area contributed by atoms with Crippen molar-refractivity contribution in [3.8, 4) is 0 Å². The minimum absolute atomic E-state index is 0.726. The summed E-state index contributed by atoms with van der Waals surface area (Å²) in [6.07, 6.45) is 5.18. The van der Waals surface area contributed by atoms with Crippen molar-refractivity contribution in [2.75, 3.05) is 13.2 Å². The summed E-state index contributed by atoms with van der Waals surface area (Å²) in [6, 6.07) is 0. The van der Waals surface area contributed by atoms with Crippen LogP contribution in [0.25, 0.3) is 0 Å².